The Balaban J connectivity index is 2.34. The molecule has 0 aliphatic heterocycles. The monoisotopic (exact) mass is 293 g/mol. The summed E-state index contributed by atoms with van der Waals surface area (Å²) in [5, 5.41) is 4.18. The highest BCUT2D eigenvalue weighted by molar-refractivity contribution is 6.04. The molecule has 1 aliphatic rings. The van der Waals surface area contributed by atoms with Crippen LogP contribution in [0.1, 0.15) is 58.3 Å². The lowest BCUT2D eigenvalue weighted by molar-refractivity contribution is -0.162. The molecule has 1 unspecified atom stereocenters. The number of carbonyl (C=O) groups is 2. The van der Waals surface area contributed by atoms with E-state index in [-0.39, 0.29) is 24.9 Å². The molecule has 0 radical (unpaired) electrons. The predicted octanol–water partition coefficient (Wildman–Crippen LogP) is 2.09. The van der Waals surface area contributed by atoms with Crippen LogP contribution in [-0.4, -0.2) is 33.1 Å². The molecule has 116 valence electrons. The van der Waals surface area contributed by atoms with Gasteiger partial charge in [0.1, 0.15) is 17.6 Å². The largest absolute Gasteiger partial charge is 0.465 e. The molecule has 1 heterocycles. The number of rotatable bonds is 5. The van der Waals surface area contributed by atoms with E-state index in [4.69, 9.17) is 4.74 Å². The normalized spacial score (nSPS) is 22.6. The highest BCUT2D eigenvalue weighted by Crippen LogP contribution is 2.37. The molecule has 6 nitrogen and oxygen atoms in total. The second-order valence-electron chi connectivity index (χ2n) is 5.82. The first-order chi connectivity index (χ1) is 10.0. The predicted molar refractivity (Wildman–Crippen MR) is 76.7 cm³/mol. The van der Waals surface area contributed by atoms with Crippen LogP contribution in [0.2, 0.25) is 0 Å². The molecule has 0 bridgehead atoms. The molecule has 1 atom stereocenters. The first kappa shape index (κ1) is 15.7. The van der Waals surface area contributed by atoms with Crippen molar-refractivity contribution in [3.63, 3.8) is 0 Å². The Morgan fingerprint density at radius 3 is 2.86 bits per heavy atom. The number of ketones is 1. The van der Waals surface area contributed by atoms with Gasteiger partial charge in [-0.3, -0.25) is 9.59 Å². The van der Waals surface area contributed by atoms with E-state index in [9.17, 15) is 9.59 Å². The molecule has 0 aromatic carbocycles. The van der Waals surface area contributed by atoms with Crippen molar-refractivity contribution in [2.45, 2.75) is 58.9 Å². The molecule has 1 aromatic rings. The summed E-state index contributed by atoms with van der Waals surface area (Å²) >= 11 is 0. The van der Waals surface area contributed by atoms with Gasteiger partial charge in [-0.15, -0.1) is 0 Å². The molecule has 2 rings (SSSR count). The van der Waals surface area contributed by atoms with Crippen molar-refractivity contribution in [1.29, 1.82) is 0 Å². The zero-order valence-corrected chi connectivity index (χ0v) is 13.0. The van der Waals surface area contributed by atoms with Crippen LogP contribution in [0, 0.1) is 5.41 Å². The van der Waals surface area contributed by atoms with Crippen molar-refractivity contribution in [3.8, 4) is 0 Å². The lowest BCUT2D eigenvalue weighted by Crippen LogP contribution is -2.45. The average molecular weight is 293 g/mol. The van der Waals surface area contributed by atoms with Crippen LogP contribution in [0.3, 0.4) is 0 Å². The fourth-order valence-corrected chi connectivity index (χ4v) is 2.94. The minimum Gasteiger partial charge on any atom is -0.465 e. The third-order valence-electron chi connectivity index (χ3n) is 4.05. The van der Waals surface area contributed by atoms with Gasteiger partial charge in [-0.1, -0.05) is 6.42 Å². The second kappa shape index (κ2) is 6.37. The van der Waals surface area contributed by atoms with Crippen molar-refractivity contribution in [3.05, 3.63) is 12.2 Å². The van der Waals surface area contributed by atoms with Crippen LogP contribution in [0.5, 0.6) is 0 Å². The van der Waals surface area contributed by atoms with Crippen molar-refractivity contribution < 1.29 is 14.3 Å². The Labute approximate surface area is 124 Å². The van der Waals surface area contributed by atoms with Gasteiger partial charge in [0, 0.05) is 18.9 Å². The summed E-state index contributed by atoms with van der Waals surface area (Å²) in [5.41, 5.74) is -1.08. The number of hydrogen-bond acceptors (Lipinski definition) is 5. The lowest BCUT2D eigenvalue weighted by atomic mass is 9.70. The van der Waals surface area contributed by atoms with Crippen molar-refractivity contribution in [2.24, 2.45) is 5.41 Å². The smallest absolute Gasteiger partial charge is 0.320 e. The van der Waals surface area contributed by atoms with Gasteiger partial charge in [0.15, 0.2) is 5.78 Å². The molecular weight excluding hydrogens is 270 g/mol. The number of nitrogens with zero attached hydrogens (tertiary/aromatic N) is 3. The van der Waals surface area contributed by atoms with Gasteiger partial charge in [0.2, 0.25) is 0 Å². The summed E-state index contributed by atoms with van der Waals surface area (Å²) in [5.74, 6) is 0.242. The van der Waals surface area contributed by atoms with Crippen molar-refractivity contribution >= 4 is 11.8 Å². The van der Waals surface area contributed by atoms with E-state index < -0.39 is 11.4 Å². The molecule has 6 heteroatoms. The minimum absolute atomic E-state index is 0.0227. The molecule has 0 saturated heterocycles. The first-order valence-corrected chi connectivity index (χ1v) is 7.60. The Morgan fingerprint density at radius 1 is 1.48 bits per heavy atom. The standard InChI is InChI=1S/C15H23N3O3/c1-4-21-14(20)15(8-6-5-7-12(15)19)9-13-16-10-17-18(13)11(2)3/h10-11H,4-9H2,1-3H3. The molecule has 0 spiro atoms. The van der Waals surface area contributed by atoms with E-state index in [2.05, 4.69) is 10.1 Å². The third-order valence-corrected chi connectivity index (χ3v) is 4.05. The van der Waals surface area contributed by atoms with Crippen molar-refractivity contribution in [1.82, 2.24) is 14.8 Å². The molecule has 1 aliphatic carbocycles. The second-order valence-corrected chi connectivity index (χ2v) is 5.82. The van der Waals surface area contributed by atoms with E-state index >= 15 is 0 Å². The maximum atomic E-state index is 12.5. The molecule has 1 aromatic heterocycles. The van der Waals surface area contributed by atoms with Gasteiger partial charge < -0.3 is 4.74 Å². The number of hydrogen-bond donors (Lipinski definition) is 0. The first-order valence-electron chi connectivity index (χ1n) is 7.60. The molecule has 1 saturated carbocycles. The van der Waals surface area contributed by atoms with Crippen molar-refractivity contribution in [2.75, 3.05) is 6.61 Å². The van der Waals surface area contributed by atoms with Gasteiger partial charge in [0.05, 0.1) is 6.61 Å². The maximum Gasteiger partial charge on any atom is 0.320 e. The van der Waals surface area contributed by atoms with E-state index in [1.807, 2.05) is 13.8 Å². The van der Waals surface area contributed by atoms with Gasteiger partial charge >= 0.3 is 5.97 Å². The number of ether oxygens (including phenoxy) is 1. The highest BCUT2D eigenvalue weighted by Gasteiger charge is 2.48. The number of aromatic nitrogens is 3. The van der Waals surface area contributed by atoms with E-state index in [1.165, 1.54) is 6.33 Å². The van der Waals surface area contributed by atoms with Crippen LogP contribution in [0.15, 0.2) is 6.33 Å². The Hall–Kier alpha value is -1.72. The summed E-state index contributed by atoms with van der Waals surface area (Å²) in [7, 11) is 0. The van der Waals surface area contributed by atoms with Crippen LogP contribution in [-0.2, 0) is 20.7 Å². The molecule has 0 N–H and O–H groups in total. The summed E-state index contributed by atoms with van der Waals surface area (Å²) in [4.78, 5) is 29.2. The highest BCUT2D eigenvalue weighted by atomic mass is 16.5. The Bertz CT molecular complexity index is 524. The fraction of sp³-hybridized carbons (Fsp3) is 0.733. The summed E-state index contributed by atoms with van der Waals surface area (Å²) in [6.07, 6.45) is 4.44. The average Bonchev–Trinajstić information content (AvgIpc) is 2.90. The van der Waals surface area contributed by atoms with Crippen LogP contribution in [0.25, 0.3) is 0 Å². The SMILES string of the molecule is CCOC(=O)C1(Cc2ncnn2C(C)C)CCCCC1=O. The lowest BCUT2D eigenvalue weighted by Gasteiger charge is -2.33. The molecule has 21 heavy (non-hydrogen) atoms. The molecule has 1 fully saturated rings. The number of carbonyl (C=O) groups excluding carboxylic acids is 2. The summed E-state index contributed by atoms with van der Waals surface area (Å²) in [6.45, 7) is 6.04. The molecular formula is C15H23N3O3. The zero-order valence-electron chi connectivity index (χ0n) is 13.0. The van der Waals surface area contributed by atoms with Gasteiger partial charge in [-0.25, -0.2) is 9.67 Å². The molecule has 0 amide bonds. The summed E-state index contributed by atoms with van der Waals surface area (Å²) in [6, 6.07) is 0.139. The van der Waals surface area contributed by atoms with E-state index in [0.717, 1.165) is 12.8 Å². The van der Waals surface area contributed by atoms with Crippen LogP contribution < -0.4 is 0 Å². The number of Topliss-reactive ketones (excluding diaryl/α,β-unsaturated/α-hetero) is 1. The van der Waals surface area contributed by atoms with Gasteiger partial charge in [-0.05, 0) is 33.6 Å². The zero-order chi connectivity index (χ0) is 15.5. The van der Waals surface area contributed by atoms with Crippen LogP contribution >= 0.6 is 0 Å². The van der Waals surface area contributed by atoms with E-state index in [1.54, 1.807) is 11.6 Å². The summed E-state index contributed by atoms with van der Waals surface area (Å²) < 4.78 is 6.95. The number of esters is 1. The topological polar surface area (TPSA) is 74.1 Å². The van der Waals surface area contributed by atoms with E-state index in [0.29, 0.717) is 18.7 Å². The third kappa shape index (κ3) is 2.99. The minimum atomic E-state index is -1.08. The fourth-order valence-electron chi connectivity index (χ4n) is 2.94. The van der Waals surface area contributed by atoms with Gasteiger partial charge in [0.25, 0.3) is 0 Å². The Kier molecular flexibility index (Phi) is 4.75. The van der Waals surface area contributed by atoms with Crippen LogP contribution in [0.4, 0.5) is 0 Å². The maximum absolute atomic E-state index is 12.5. The quantitative estimate of drug-likeness (QED) is 0.614. The Morgan fingerprint density at radius 2 is 2.24 bits per heavy atom. The van der Waals surface area contributed by atoms with Gasteiger partial charge in [-0.2, -0.15) is 5.10 Å².